The second-order valence-electron chi connectivity index (χ2n) is 8.83. The maximum atomic E-state index is 11.0. The zero-order valence-corrected chi connectivity index (χ0v) is 17.4. The third kappa shape index (κ3) is 3.88. The third-order valence-corrected chi connectivity index (χ3v) is 6.32. The van der Waals surface area contributed by atoms with Crippen molar-refractivity contribution < 1.29 is 9.66 Å². The van der Waals surface area contributed by atoms with Crippen LogP contribution in [0.5, 0.6) is 5.75 Å². The number of nitro benzene ring substituents is 1. The predicted molar refractivity (Wildman–Crippen MR) is 116 cm³/mol. The summed E-state index contributed by atoms with van der Waals surface area (Å²) >= 11 is 0. The molecule has 3 fully saturated rings. The first-order valence-electron chi connectivity index (χ1n) is 10.4. The van der Waals surface area contributed by atoms with Crippen molar-refractivity contribution >= 4 is 17.1 Å². The monoisotopic (exact) mass is 395 g/mol. The van der Waals surface area contributed by atoms with Crippen LogP contribution in [0.25, 0.3) is 0 Å². The summed E-state index contributed by atoms with van der Waals surface area (Å²) < 4.78 is 5.60. The van der Waals surface area contributed by atoms with Gasteiger partial charge in [-0.15, -0.1) is 0 Å². The number of hydrogen-bond acceptors (Lipinski definition) is 5. The number of hydrogen-bond donors (Lipinski definition) is 0. The highest BCUT2D eigenvalue weighted by Crippen LogP contribution is 2.44. The summed E-state index contributed by atoms with van der Waals surface area (Å²) in [4.78, 5) is 15.6. The van der Waals surface area contributed by atoms with E-state index in [1.54, 1.807) is 12.1 Å². The molecular formula is C23H29N3O3. The van der Waals surface area contributed by atoms with Crippen LogP contribution in [0.1, 0.15) is 27.2 Å². The van der Waals surface area contributed by atoms with E-state index in [1.807, 2.05) is 19.1 Å². The molecule has 3 aliphatic rings. The van der Waals surface area contributed by atoms with Crippen LogP contribution < -0.4 is 14.5 Å². The van der Waals surface area contributed by atoms with Crippen LogP contribution in [0.2, 0.25) is 0 Å². The molecule has 5 rings (SSSR count). The van der Waals surface area contributed by atoms with Gasteiger partial charge in [0.1, 0.15) is 5.75 Å². The summed E-state index contributed by atoms with van der Waals surface area (Å²) in [6.45, 7) is 10.3. The molecule has 3 aliphatic heterocycles. The molecule has 2 bridgehead atoms. The minimum atomic E-state index is -0.341. The molecule has 2 aromatic rings. The number of nitro groups is 1. The van der Waals surface area contributed by atoms with Gasteiger partial charge >= 0.3 is 0 Å². The molecule has 2 atom stereocenters. The highest BCUT2D eigenvalue weighted by atomic mass is 16.6. The topological polar surface area (TPSA) is 58.8 Å². The van der Waals surface area contributed by atoms with Gasteiger partial charge in [0, 0.05) is 43.1 Å². The van der Waals surface area contributed by atoms with E-state index in [-0.39, 0.29) is 16.0 Å². The van der Waals surface area contributed by atoms with Crippen molar-refractivity contribution in [3.63, 3.8) is 0 Å². The lowest BCUT2D eigenvalue weighted by Crippen LogP contribution is -2.53. The van der Waals surface area contributed by atoms with Gasteiger partial charge in [-0.1, -0.05) is 13.8 Å². The Labute approximate surface area is 172 Å². The van der Waals surface area contributed by atoms with Crippen molar-refractivity contribution in [2.75, 3.05) is 36.0 Å². The lowest BCUT2D eigenvalue weighted by Gasteiger charge is -2.48. The molecule has 0 aromatic heterocycles. The van der Waals surface area contributed by atoms with Crippen LogP contribution in [-0.4, -0.2) is 37.2 Å². The van der Waals surface area contributed by atoms with Gasteiger partial charge in [0.05, 0.1) is 17.6 Å². The molecule has 3 heterocycles. The average molecular weight is 396 g/mol. The van der Waals surface area contributed by atoms with Gasteiger partial charge in [0.25, 0.3) is 5.69 Å². The molecule has 0 spiro atoms. The van der Waals surface area contributed by atoms with Crippen molar-refractivity contribution in [1.29, 1.82) is 0 Å². The molecule has 3 saturated heterocycles. The summed E-state index contributed by atoms with van der Waals surface area (Å²) in [5.74, 6) is 1.45. The van der Waals surface area contributed by atoms with Gasteiger partial charge in [-0.2, -0.15) is 0 Å². The normalized spacial score (nSPS) is 23.0. The quantitative estimate of drug-likeness (QED) is 0.541. The molecule has 0 unspecified atom stereocenters. The van der Waals surface area contributed by atoms with Gasteiger partial charge in [-0.05, 0) is 61.1 Å². The molecule has 0 radical (unpaired) electrons. The Bertz CT molecular complexity index is 864. The van der Waals surface area contributed by atoms with Crippen LogP contribution in [0.4, 0.5) is 17.1 Å². The smallest absolute Gasteiger partial charge is 0.269 e. The van der Waals surface area contributed by atoms with Crippen molar-refractivity contribution in [3.05, 3.63) is 58.6 Å². The Morgan fingerprint density at radius 1 is 1.03 bits per heavy atom. The van der Waals surface area contributed by atoms with Crippen molar-refractivity contribution in [1.82, 2.24) is 0 Å². The lowest BCUT2D eigenvalue weighted by atomic mass is 9.73. The van der Waals surface area contributed by atoms with E-state index in [4.69, 9.17) is 4.74 Å². The third-order valence-electron chi connectivity index (χ3n) is 6.32. The number of ether oxygens (including phenoxy) is 1. The number of anilines is 2. The van der Waals surface area contributed by atoms with Gasteiger partial charge in [-0.25, -0.2) is 0 Å². The number of nitrogens with zero attached hydrogens (tertiary/aromatic N) is 3. The lowest BCUT2D eigenvalue weighted by molar-refractivity contribution is -0.384. The van der Waals surface area contributed by atoms with E-state index < -0.39 is 0 Å². The van der Waals surface area contributed by atoms with Crippen LogP contribution in [-0.2, 0) is 0 Å². The first-order valence-corrected chi connectivity index (χ1v) is 10.4. The van der Waals surface area contributed by atoms with Crippen molar-refractivity contribution in [2.45, 2.75) is 33.2 Å². The molecular weight excluding hydrogens is 366 g/mol. The molecule has 2 aromatic carbocycles. The fraction of sp³-hybridized carbons (Fsp3) is 0.478. The summed E-state index contributed by atoms with van der Waals surface area (Å²) in [5, 5.41) is 11.0. The molecule has 6 nitrogen and oxygen atoms in total. The van der Waals surface area contributed by atoms with Crippen molar-refractivity contribution in [3.8, 4) is 5.75 Å². The van der Waals surface area contributed by atoms with E-state index in [1.165, 1.54) is 12.1 Å². The Kier molecular flexibility index (Phi) is 5.11. The van der Waals surface area contributed by atoms with Gasteiger partial charge in [0.2, 0.25) is 0 Å². The molecule has 6 heteroatoms. The maximum Gasteiger partial charge on any atom is 0.269 e. The Hall–Kier alpha value is -2.76. The zero-order valence-electron chi connectivity index (χ0n) is 17.4. The molecule has 0 N–H and O–H groups in total. The minimum absolute atomic E-state index is 0.142. The number of fused-ring (bicyclic) bond motifs is 4. The maximum absolute atomic E-state index is 11.0. The predicted octanol–water partition coefficient (Wildman–Crippen LogP) is 4.73. The zero-order chi connectivity index (χ0) is 20.6. The fourth-order valence-electron chi connectivity index (χ4n) is 5.02. The largest absolute Gasteiger partial charge is 0.494 e. The Balaban J connectivity index is 1.60. The van der Waals surface area contributed by atoms with E-state index >= 15 is 0 Å². The summed E-state index contributed by atoms with van der Waals surface area (Å²) in [6.07, 6.45) is 1.19. The number of benzene rings is 2. The summed E-state index contributed by atoms with van der Waals surface area (Å²) in [7, 11) is 0. The van der Waals surface area contributed by atoms with E-state index in [2.05, 4.69) is 47.9 Å². The standard InChI is InChI=1S/C23H29N3O3/c1-4-29-21-11-9-19(10-12-21)25-15-17-13-23(2,3)22(25)16-24(14-17)18-5-7-20(8-6-18)26(27)28/h5-12,17,22H,4,13-16H2,1-3H3/t17-,22-/m1/s1. The van der Waals surface area contributed by atoms with Gasteiger partial charge in [0.15, 0.2) is 0 Å². The van der Waals surface area contributed by atoms with Gasteiger partial charge < -0.3 is 14.5 Å². The first-order chi connectivity index (χ1) is 13.9. The first kappa shape index (κ1) is 19.6. The van der Waals surface area contributed by atoms with Crippen LogP contribution >= 0.6 is 0 Å². The summed E-state index contributed by atoms with van der Waals surface area (Å²) in [6, 6.07) is 15.8. The number of piperidine rings is 1. The molecule has 29 heavy (non-hydrogen) atoms. The molecule has 0 amide bonds. The highest BCUT2D eigenvalue weighted by Gasteiger charge is 2.45. The molecule has 154 valence electrons. The Morgan fingerprint density at radius 2 is 1.69 bits per heavy atom. The van der Waals surface area contributed by atoms with Crippen LogP contribution in [0, 0.1) is 21.4 Å². The Morgan fingerprint density at radius 3 is 2.31 bits per heavy atom. The minimum Gasteiger partial charge on any atom is -0.494 e. The molecule has 0 saturated carbocycles. The average Bonchev–Trinajstić information content (AvgIpc) is 2.96. The van der Waals surface area contributed by atoms with Gasteiger partial charge in [-0.3, -0.25) is 10.1 Å². The van der Waals surface area contributed by atoms with Crippen LogP contribution in [0.3, 0.4) is 0 Å². The highest BCUT2D eigenvalue weighted by molar-refractivity contribution is 5.55. The van der Waals surface area contributed by atoms with E-state index in [0.29, 0.717) is 18.6 Å². The number of rotatable bonds is 5. The van der Waals surface area contributed by atoms with E-state index in [9.17, 15) is 10.1 Å². The van der Waals surface area contributed by atoms with Crippen LogP contribution in [0.15, 0.2) is 48.5 Å². The second kappa shape index (κ2) is 7.58. The second-order valence-corrected chi connectivity index (χ2v) is 8.83. The fourth-order valence-corrected chi connectivity index (χ4v) is 5.02. The van der Waals surface area contributed by atoms with Crippen molar-refractivity contribution in [2.24, 2.45) is 11.3 Å². The number of non-ortho nitro benzene ring substituents is 1. The molecule has 0 aliphatic carbocycles. The SMILES string of the molecule is CCOc1ccc(N2C[C@H]3CN(c4ccc([N+](=O)[O-])cc4)C[C@@H]2C(C)(C)C3)cc1. The van der Waals surface area contributed by atoms with E-state index in [0.717, 1.165) is 31.1 Å². The summed E-state index contributed by atoms with van der Waals surface area (Å²) in [5.41, 5.74) is 2.64.